The molecule has 1 saturated heterocycles. The molecule has 4 aliphatic rings. The summed E-state index contributed by atoms with van der Waals surface area (Å²) in [6.45, 7) is 1.03. The number of primary amides is 1. The van der Waals surface area contributed by atoms with E-state index in [4.69, 9.17) is 10.5 Å². The molecular formula is C25H24N2O10. The van der Waals surface area contributed by atoms with Gasteiger partial charge in [-0.1, -0.05) is 0 Å². The van der Waals surface area contributed by atoms with Gasteiger partial charge in [0.1, 0.15) is 22.8 Å². The Hall–Kier alpha value is -4.03. The van der Waals surface area contributed by atoms with Crippen molar-refractivity contribution in [1.29, 1.82) is 0 Å². The molecule has 194 valence electrons. The monoisotopic (exact) mass is 512 g/mol. The summed E-state index contributed by atoms with van der Waals surface area (Å²) in [7, 11) is 0. The maximum atomic E-state index is 13.5. The van der Waals surface area contributed by atoms with Crippen molar-refractivity contribution in [2.24, 2.45) is 17.6 Å². The Morgan fingerprint density at radius 3 is 2.38 bits per heavy atom. The Bertz CT molecular complexity index is 1350. The van der Waals surface area contributed by atoms with Gasteiger partial charge in [-0.15, -0.1) is 0 Å². The minimum absolute atomic E-state index is 0.0540. The van der Waals surface area contributed by atoms with Crippen molar-refractivity contribution in [2.75, 3.05) is 26.3 Å². The Labute approximate surface area is 209 Å². The molecule has 1 aromatic rings. The van der Waals surface area contributed by atoms with Crippen LogP contribution in [-0.4, -0.2) is 86.4 Å². The van der Waals surface area contributed by atoms with Crippen molar-refractivity contribution in [3.63, 3.8) is 0 Å². The number of carbonyl (C=O) groups is 5. The molecule has 0 spiro atoms. The van der Waals surface area contributed by atoms with Crippen LogP contribution in [0.4, 0.5) is 0 Å². The zero-order valence-electron chi connectivity index (χ0n) is 19.5. The Morgan fingerprint density at radius 2 is 1.73 bits per heavy atom. The minimum Gasteiger partial charge on any atom is -0.508 e. The average molecular weight is 512 g/mol. The molecule has 1 aliphatic heterocycles. The number of aliphatic hydroxyl groups excluding tert-OH is 2. The number of rotatable bonds is 3. The van der Waals surface area contributed by atoms with E-state index in [1.165, 1.54) is 11.0 Å². The molecule has 0 radical (unpaired) electrons. The second kappa shape index (κ2) is 8.53. The second-order valence-electron chi connectivity index (χ2n) is 9.63. The first kappa shape index (κ1) is 24.7. The summed E-state index contributed by atoms with van der Waals surface area (Å²) in [5, 5.41) is 43.5. The lowest BCUT2D eigenvalue weighted by molar-refractivity contribution is -0.147. The van der Waals surface area contributed by atoms with E-state index < -0.39 is 75.9 Å². The summed E-state index contributed by atoms with van der Waals surface area (Å²) in [6.07, 6.45) is -0.604. The van der Waals surface area contributed by atoms with E-state index in [9.17, 15) is 44.4 Å². The maximum absolute atomic E-state index is 13.5. The fourth-order valence-corrected chi connectivity index (χ4v) is 5.86. The molecule has 3 unspecified atom stereocenters. The first-order chi connectivity index (χ1) is 17.5. The Morgan fingerprint density at radius 1 is 1.05 bits per heavy atom. The van der Waals surface area contributed by atoms with Crippen molar-refractivity contribution in [3.05, 3.63) is 45.7 Å². The van der Waals surface area contributed by atoms with Crippen LogP contribution in [0.25, 0.3) is 5.76 Å². The summed E-state index contributed by atoms with van der Waals surface area (Å²) in [6, 6.07) is 2.38. The number of phenols is 1. The first-order valence-electron chi connectivity index (χ1n) is 11.7. The van der Waals surface area contributed by atoms with Gasteiger partial charge in [0.2, 0.25) is 5.78 Å². The number of nitrogens with two attached hydrogens (primary N) is 1. The van der Waals surface area contributed by atoms with Crippen LogP contribution in [0.3, 0.4) is 0 Å². The molecule has 1 saturated carbocycles. The standard InChI is InChI=1S/C25H24N2O10/c26-23(34)18-15(29)9-11-7-10-8-13-12(19(30)24(35)27-3-5-37-6-4-27)1-2-14(28)17(13)20(31)16(10)21(32)25(11,36)22(18)33/h1-2,10-11,28,31,33,36H,3-9H2,(H2,26,34). The van der Waals surface area contributed by atoms with E-state index in [2.05, 4.69) is 0 Å². The highest BCUT2D eigenvalue weighted by Gasteiger charge is 2.60. The van der Waals surface area contributed by atoms with Crippen LogP contribution in [0.5, 0.6) is 5.75 Å². The lowest BCUT2D eigenvalue weighted by Crippen LogP contribution is -2.58. The van der Waals surface area contributed by atoms with Crippen LogP contribution < -0.4 is 5.73 Å². The highest BCUT2D eigenvalue weighted by molar-refractivity contribution is 6.43. The molecule has 5 rings (SSSR count). The van der Waals surface area contributed by atoms with Crippen LogP contribution in [0.15, 0.2) is 29.0 Å². The van der Waals surface area contributed by atoms with Crippen molar-refractivity contribution < 1.29 is 49.1 Å². The van der Waals surface area contributed by atoms with Gasteiger partial charge < -0.3 is 35.8 Å². The lowest BCUT2D eigenvalue weighted by Gasteiger charge is -2.46. The quantitative estimate of drug-likeness (QED) is 0.199. The van der Waals surface area contributed by atoms with Crippen molar-refractivity contribution in [3.8, 4) is 5.75 Å². The first-order valence-corrected chi connectivity index (χ1v) is 11.7. The SMILES string of the molecule is NC(=O)C1=C(O)C2(O)C(=O)C3=C(O)c4c(O)ccc(C(=O)C(=O)N5CCOCC5)c4CC3CC2CC1=O. The number of morpholine rings is 1. The molecule has 37 heavy (non-hydrogen) atoms. The third-order valence-electron chi connectivity index (χ3n) is 7.68. The van der Waals surface area contributed by atoms with Crippen LogP contribution in [0.1, 0.15) is 34.3 Å². The number of hydrogen-bond acceptors (Lipinski definition) is 10. The summed E-state index contributed by atoms with van der Waals surface area (Å²) in [5.41, 5.74) is 1.15. The normalized spacial score (nSPS) is 27.4. The second-order valence-corrected chi connectivity index (χ2v) is 9.63. The van der Waals surface area contributed by atoms with Gasteiger partial charge in [0, 0.05) is 36.6 Å². The molecule has 3 atom stereocenters. The number of aliphatic hydroxyl groups is 3. The van der Waals surface area contributed by atoms with Crippen molar-refractivity contribution in [1.82, 2.24) is 4.90 Å². The third kappa shape index (κ3) is 3.47. The summed E-state index contributed by atoms with van der Waals surface area (Å²) in [5.74, 6) is -9.20. The number of nitrogens with zero attached hydrogens (tertiary/aromatic N) is 1. The molecule has 12 heteroatoms. The van der Waals surface area contributed by atoms with Crippen molar-refractivity contribution in [2.45, 2.75) is 24.9 Å². The van der Waals surface area contributed by atoms with Gasteiger partial charge in [-0.25, -0.2) is 0 Å². The number of hydrogen-bond donors (Lipinski definition) is 5. The summed E-state index contributed by atoms with van der Waals surface area (Å²) < 4.78 is 5.21. The molecule has 1 aromatic carbocycles. The zero-order chi connectivity index (χ0) is 26.8. The number of aromatic hydroxyl groups is 1. The molecule has 6 N–H and O–H groups in total. The van der Waals surface area contributed by atoms with Gasteiger partial charge in [-0.2, -0.15) is 0 Å². The molecule has 2 amide bonds. The number of amides is 2. The number of ether oxygens (including phenoxy) is 1. The Balaban J connectivity index is 1.61. The minimum atomic E-state index is -2.68. The third-order valence-corrected chi connectivity index (χ3v) is 7.68. The van der Waals surface area contributed by atoms with Crippen molar-refractivity contribution >= 4 is 34.9 Å². The largest absolute Gasteiger partial charge is 0.508 e. The van der Waals surface area contributed by atoms with Gasteiger partial charge in [0.15, 0.2) is 11.4 Å². The average Bonchev–Trinajstić information content (AvgIpc) is 2.86. The van der Waals surface area contributed by atoms with Gasteiger partial charge in [0.05, 0.1) is 18.8 Å². The van der Waals surface area contributed by atoms with Gasteiger partial charge in [0.25, 0.3) is 17.6 Å². The number of benzene rings is 1. The molecule has 2 fully saturated rings. The highest BCUT2D eigenvalue weighted by Crippen LogP contribution is 2.52. The topological polar surface area (TPSA) is 205 Å². The maximum Gasteiger partial charge on any atom is 0.295 e. The fraction of sp³-hybridized carbons (Fsp3) is 0.400. The zero-order valence-corrected chi connectivity index (χ0v) is 19.5. The number of Topliss-reactive ketones (excluding diaryl/α,β-unsaturated/α-hetero) is 3. The number of carbonyl (C=O) groups excluding carboxylic acids is 5. The molecule has 1 heterocycles. The highest BCUT2D eigenvalue weighted by atomic mass is 16.5. The van der Waals surface area contributed by atoms with E-state index >= 15 is 0 Å². The van der Waals surface area contributed by atoms with Crippen LogP contribution in [-0.2, 0) is 30.3 Å². The number of ketones is 3. The van der Waals surface area contributed by atoms with E-state index in [-0.39, 0.29) is 61.4 Å². The predicted molar refractivity (Wildman–Crippen MR) is 123 cm³/mol. The van der Waals surface area contributed by atoms with E-state index in [0.29, 0.717) is 0 Å². The smallest absolute Gasteiger partial charge is 0.295 e. The number of fused-ring (bicyclic) bond motifs is 3. The van der Waals surface area contributed by atoms with E-state index in [0.717, 1.165) is 6.07 Å². The van der Waals surface area contributed by atoms with Crippen LogP contribution in [0, 0.1) is 11.8 Å². The lowest BCUT2D eigenvalue weighted by atomic mass is 9.59. The number of phenolic OH excluding ortho intramolecular Hbond substituents is 1. The molecule has 0 bridgehead atoms. The van der Waals surface area contributed by atoms with Crippen LogP contribution >= 0.6 is 0 Å². The molecule has 12 nitrogen and oxygen atoms in total. The molecule has 3 aliphatic carbocycles. The Kier molecular flexibility index (Phi) is 5.68. The van der Waals surface area contributed by atoms with E-state index in [1.807, 2.05) is 0 Å². The predicted octanol–water partition coefficient (Wildman–Crippen LogP) is -0.535. The molecular weight excluding hydrogens is 488 g/mol. The summed E-state index contributed by atoms with van der Waals surface area (Å²) >= 11 is 0. The van der Waals surface area contributed by atoms with Gasteiger partial charge in [-0.3, -0.25) is 24.0 Å². The fourth-order valence-electron chi connectivity index (χ4n) is 5.86. The summed E-state index contributed by atoms with van der Waals surface area (Å²) in [4.78, 5) is 65.1. The van der Waals surface area contributed by atoms with Gasteiger partial charge >= 0.3 is 0 Å². The van der Waals surface area contributed by atoms with Gasteiger partial charge in [-0.05, 0) is 36.5 Å². The molecule has 0 aromatic heterocycles. The van der Waals surface area contributed by atoms with Crippen LogP contribution in [0.2, 0.25) is 0 Å². The van der Waals surface area contributed by atoms with E-state index in [1.54, 1.807) is 0 Å².